The van der Waals surface area contributed by atoms with Crippen LogP contribution < -0.4 is 10.0 Å². The van der Waals surface area contributed by atoms with E-state index in [0.717, 1.165) is 11.6 Å². The second kappa shape index (κ2) is 8.57. The molecule has 3 aromatic rings. The molecule has 0 heterocycles. The summed E-state index contributed by atoms with van der Waals surface area (Å²) in [5, 5.41) is 11.8. The molecular formula is C21H18N2O5S. The van der Waals surface area contributed by atoms with Crippen LogP contribution in [0.15, 0.2) is 83.8 Å². The molecule has 29 heavy (non-hydrogen) atoms. The van der Waals surface area contributed by atoms with Crippen LogP contribution in [0.25, 0.3) is 0 Å². The van der Waals surface area contributed by atoms with Crippen molar-refractivity contribution in [3.05, 3.63) is 95.6 Å². The van der Waals surface area contributed by atoms with Crippen molar-refractivity contribution in [3.8, 4) is 0 Å². The van der Waals surface area contributed by atoms with Gasteiger partial charge in [0.1, 0.15) is 0 Å². The first-order valence-corrected chi connectivity index (χ1v) is 10.1. The van der Waals surface area contributed by atoms with E-state index >= 15 is 0 Å². The second-order valence-electron chi connectivity index (χ2n) is 6.15. The van der Waals surface area contributed by atoms with E-state index in [1.54, 1.807) is 12.1 Å². The smallest absolute Gasteiger partial charge is 0.335 e. The third-order valence-electron chi connectivity index (χ3n) is 4.10. The van der Waals surface area contributed by atoms with Crippen molar-refractivity contribution in [2.75, 3.05) is 4.72 Å². The van der Waals surface area contributed by atoms with Gasteiger partial charge in [0.15, 0.2) is 0 Å². The fraction of sp³-hybridized carbons (Fsp3) is 0.0476. The molecule has 0 spiro atoms. The number of nitrogens with one attached hydrogen (secondary N) is 2. The van der Waals surface area contributed by atoms with Gasteiger partial charge < -0.3 is 10.4 Å². The molecule has 0 aliphatic rings. The maximum Gasteiger partial charge on any atom is 0.335 e. The van der Waals surface area contributed by atoms with Crippen LogP contribution in [0.3, 0.4) is 0 Å². The number of para-hydroxylation sites is 1. The summed E-state index contributed by atoms with van der Waals surface area (Å²) in [6.45, 7) is 0.293. The molecule has 0 aliphatic carbocycles. The van der Waals surface area contributed by atoms with Gasteiger partial charge in [-0.25, -0.2) is 13.2 Å². The zero-order chi connectivity index (χ0) is 20.9. The van der Waals surface area contributed by atoms with E-state index < -0.39 is 21.9 Å². The Hall–Kier alpha value is -3.65. The second-order valence-corrected chi connectivity index (χ2v) is 7.83. The number of sulfonamides is 1. The Morgan fingerprint density at radius 3 is 2.28 bits per heavy atom. The topological polar surface area (TPSA) is 113 Å². The number of carboxylic acid groups (broad SMARTS) is 1. The first-order chi connectivity index (χ1) is 13.9. The predicted octanol–water partition coefficient (Wildman–Crippen LogP) is 3.12. The Labute approximate surface area is 168 Å². The summed E-state index contributed by atoms with van der Waals surface area (Å²) in [5.41, 5.74) is 1.01. The van der Waals surface area contributed by atoms with Crippen LogP contribution >= 0.6 is 0 Å². The molecule has 0 radical (unpaired) electrons. The molecule has 0 saturated heterocycles. The molecule has 148 valence electrons. The van der Waals surface area contributed by atoms with Gasteiger partial charge in [-0.3, -0.25) is 9.52 Å². The van der Waals surface area contributed by atoms with E-state index in [9.17, 15) is 18.0 Å². The van der Waals surface area contributed by atoms with Crippen LogP contribution in [0.5, 0.6) is 0 Å². The maximum absolute atomic E-state index is 12.7. The first kappa shape index (κ1) is 20.1. The van der Waals surface area contributed by atoms with Gasteiger partial charge in [0, 0.05) is 6.54 Å². The number of carbonyl (C=O) groups is 2. The molecule has 8 heteroatoms. The van der Waals surface area contributed by atoms with Gasteiger partial charge in [-0.2, -0.15) is 0 Å². The normalized spacial score (nSPS) is 10.9. The Morgan fingerprint density at radius 1 is 0.862 bits per heavy atom. The number of amides is 1. The maximum atomic E-state index is 12.7. The lowest BCUT2D eigenvalue weighted by molar-refractivity contribution is 0.0696. The van der Waals surface area contributed by atoms with E-state index in [1.807, 2.05) is 30.3 Å². The molecule has 0 aromatic heterocycles. The van der Waals surface area contributed by atoms with E-state index in [0.29, 0.717) is 6.54 Å². The molecule has 3 N–H and O–H groups in total. The largest absolute Gasteiger partial charge is 0.478 e. The number of anilines is 1. The quantitative estimate of drug-likeness (QED) is 0.554. The summed E-state index contributed by atoms with van der Waals surface area (Å²) in [6.07, 6.45) is 0. The number of rotatable bonds is 7. The van der Waals surface area contributed by atoms with Gasteiger partial charge in [-0.05, 0) is 35.9 Å². The van der Waals surface area contributed by atoms with E-state index in [4.69, 9.17) is 5.11 Å². The molecule has 3 aromatic carbocycles. The zero-order valence-corrected chi connectivity index (χ0v) is 16.0. The van der Waals surface area contributed by atoms with Gasteiger partial charge in [0.25, 0.3) is 15.9 Å². The van der Waals surface area contributed by atoms with Crippen LogP contribution in [-0.2, 0) is 16.6 Å². The Balaban J connectivity index is 1.82. The fourth-order valence-corrected chi connectivity index (χ4v) is 3.77. The molecule has 0 bridgehead atoms. The Bertz CT molecular complexity index is 1140. The van der Waals surface area contributed by atoms with Gasteiger partial charge in [0.05, 0.1) is 21.7 Å². The molecule has 1 amide bonds. The highest BCUT2D eigenvalue weighted by Crippen LogP contribution is 2.21. The molecule has 0 unspecified atom stereocenters. The van der Waals surface area contributed by atoms with Gasteiger partial charge in [-0.1, -0.05) is 48.5 Å². The summed E-state index contributed by atoms with van der Waals surface area (Å²) in [6, 6.07) is 20.5. The summed E-state index contributed by atoms with van der Waals surface area (Å²) < 4.78 is 27.8. The minimum Gasteiger partial charge on any atom is -0.478 e. The highest BCUT2D eigenvalue weighted by Gasteiger charge is 2.19. The molecular weight excluding hydrogens is 392 g/mol. The highest BCUT2D eigenvalue weighted by molar-refractivity contribution is 7.92. The van der Waals surface area contributed by atoms with Gasteiger partial charge >= 0.3 is 5.97 Å². The molecule has 0 saturated carbocycles. The molecule has 7 nitrogen and oxygen atoms in total. The SMILES string of the molecule is O=C(O)c1cccc(S(=O)(=O)Nc2ccccc2C(=O)NCc2ccccc2)c1. The summed E-state index contributed by atoms with van der Waals surface area (Å²) >= 11 is 0. The third kappa shape index (κ3) is 4.99. The van der Waals surface area contributed by atoms with Crippen molar-refractivity contribution in [1.29, 1.82) is 0 Å². The summed E-state index contributed by atoms with van der Waals surface area (Å²) in [4.78, 5) is 23.5. The van der Waals surface area contributed by atoms with Crippen LogP contribution in [0, 0.1) is 0 Å². The minimum atomic E-state index is -4.09. The fourth-order valence-electron chi connectivity index (χ4n) is 2.64. The molecule has 0 fully saturated rings. The van der Waals surface area contributed by atoms with Crippen molar-refractivity contribution >= 4 is 27.6 Å². The third-order valence-corrected chi connectivity index (χ3v) is 5.47. The van der Waals surface area contributed by atoms with Crippen LogP contribution in [0.1, 0.15) is 26.3 Å². The monoisotopic (exact) mass is 410 g/mol. The first-order valence-electron chi connectivity index (χ1n) is 8.64. The lowest BCUT2D eigenvalue weighted by Crippen LogP contribution is -2.25. The predicted molar refractivity (Wildman–Crippen MR) is 108 cm³/mol. The number of aromatic carboxylic acids is 1. The summed E-state index contributed by atoms with van der Waals surface area (Å²) in [7, 11) is -4.09. The van der Waals surface area contributed by atoms with Crippen LogP contribution in [-0.4, -0.2) is 25.4 Å². The number of carbonyl (C=O) groups excluding carboxylic acids is 1. The number of benzene rings is 3. The molecule has 3 rings (SSSR count). The minimum absolute atomic E-state index is 0.0961. The molecule has 0 atom stereocenters. The lowest BCUT2D eigenvalue weighted by atomic mass is 10.1. The van der Waals surface area contributed by atoms with Gasteiger partial charge in [0.2, 0.25) is 0 Å². The van der Waals surface area contributed by atoms with Crippen molar-refractivity contribution < 1.29 is 23.1 Å². The van der Waals surface area contributed by atoms with Crippen molar-refractivity contribution in [2.45, 2.75) is 11.4 Å². The zero-order valence-electron chi connectivity index (χ0n) is 15.2. The Morgan fingerprint density at radius 2 is 1.55 bits per heavy atom. The number of hydrogen-bond donors (Lipinski definition) is 3. The summed E-state index contributed by atoms with van der Waals surface area (Å²) in [5.74, 6) is -1.67. The van der Waals surface area contributed by atoms with Crippen molar-refractivity contribution in [1.82, 2.24) is 5.32 Å². The van der Waals surface area contributed by atoms with E-state index in [2.05, 4.69) is 10.0 Å². The van der Waals surface area contributed by atoms with Gasteiger partial charge in [-0.15, -0.1) is 0 Å². The Kier molecular flexibility index (Phi) is 5.94. The highest BCUT2D eigenvalue weighted by atomic mass is 32.2. The van der Waals surface area contributed by atoms with Crippen LogP contribution in [0.4, 0.5) is 5.69 Å². The van der Waals surface area contributed by atoms with Crippen molar-refractivity contribution in [2.24, 2.45) is 0 Å². The standard InChI is InChI=1S/C21H18N2O5S/c24-20(22-14-15-7-2-1-3-8-15)18-11-4-5-12-19(18)23-29(27,28)17-10-6-9-16(13-17)21(25)26/h1-13,23H,14H2,(H,22,24)(H,25,26). The number of hydrogen-bond acceptors (Lipinski definition) is 4. The molecule has 0 aliphatic heterocycles. The van der Waals surface area contributed by atoms with E-state index in [1.165, 1.54) is 30.3 Å². The van der Waals surface area contributed by atoms with Crippen molar-refractivity contribution in [3.63, 3.8) is 0 Å². The van der Waals surface area contributed by atoms with Crippen LogP contribution in [0.2, 0.25) is 0 Å². The number of carboxylic acids is 1. The average Bonchev–Trinajstić information content (AvgIpc) is 2.73. The average molecular weight is 410 g/mol. The van der Waals surface area contributed by atoms with E-state index in [-0.39, 0.29) is 21.7 Å². The lowest BCUT2D eigenvalue weighted by Gasteiger charge is -2.13.